The lowest BCUT2D eigenvalue weighted by Crippen LogP contribution is -1.90. The first kappa shape index (κ1) is 25.4. The molecule has 0 bridgehead atoms. The molecule has 3 aromatic carbocycles. The average Bonchev–Trinajstić information content (AvgIpc) is 3.81. The quantitative estimate of drug-likeness (QED) is 0.182. The fourth-order valence-electron chi connectivity index (χ4n) is 5.16. The number of thiophene rings is 4. The molecule has 7 aromatic rings. The lowest BCUT2D eigenvalue weighted by Gasteiger charge is -2.16. The predicted octanol–water partition coefficient (Wildman–Crippen LogP) is 12.6. The monoisotopic (exact) mass is 586 g/mol. The van der Waals surface area contributed by atoms with Gasteiger partial charge in [0.25, 0.3) is 0 Å². The molecule has 0 atom stereocenters. The van der Waals surface area contributed by atoms with Crippen molar-refractivity contribution in [1.82, 2.24) is 0 Å². The molecule has 0 spiro atoms. The van der Waals surface area contributed by atoms with E-state index < -0.39 is 0 Å². The van der Waals surface area contributed by atoms with E-state index in [2.05, 4.69) is 134 Å². The van der Waals surface area contributed by atoms with Gasteiger partial charge in [0, 0.05) is 51.5 Å². The summed E-state index contributed by atoms with van der Waals surface area (Å²) in [7, 11) is 0. The van der Waals surface area contributed by atoms with Crippen molar-refractivity contribution < 1.29 is 0 Å². The van der Waals surface area contributed by atoms with E-state index in [1.165, 1.54) is 73.8 Å². The molecule has 0 saturated carbocycles. The van der Waals surface area contributed by atoms with Crippen molar-refractivity contribution in [3.8, 4) is 62.6 Å². The van der Waals surface area contributed by atoms with Crippen LogP contribution in [0.5, 0.6) is 0 Å². The highest BCUT2D eigenvalue weighted by molar-refractivity contribution is 7.19. The molecular formula is C36H26S4. The van der Waals surface area contributed by atoms with Crippen LogP contribution < -0.4 is 0 Å². The number of aryl methyl sites for hydroxylation is 2. The predicted molar refractivity (Wildman–Crippen MR) is 180 cm³/mol. The second-order valence-corrected chi connectivity index (χ2v) is 13.9. The molecular weight excluding hydrogens is 561 g/mol. The van der Waals surface area contributed by atoms with Crippen LogP contribution in [-0.2, 0) is 0 Å². The van der Waals surface area contributed by atoms with Gasteiger partial charge in [0.1, 0.15) is 0 Å². The van der Waals surface area contributed by atoms with Gasteiger partial charge in [-0.1, -0.05) is 60.7 Å². The summed E-state index contributed by atoms with van der Waals surface area (Å²) in [6, 6.07) is 40.0. The zero-order valence-electron chi connectivity index (χ0n) is 22.2. The zero-order chi connectivity index (χ0) is 27.1. The van der Waals surface area contributed by atoms with E-state index in [-0.39, 0.29) is 0 Å². The van der Waals surface area contributed by atoms with Gasteiger partial charge in [-0.15, -0.1) is 45.3 Å². The molecule has 0 saturated heterocycles. The van der Waals surface area contributed by atoms with Crippen LogP contribution in [0.15, 0.2) is 120 Å². The molecule has 4 heteroatoms. The van der Waals surface area contributed by atoms with Crippen LogP contribution in [-0.4, -0.2) is 0 Å². The fraction of sp³-hybridized carbons (Fsp3) is 0.0556. The maximum atomic E-state index is 2.46. The van der Waals surface area contributed by atoms with E-state index in [1.54, 1.807) is 0 Å². The highest BCUT2D eigenvalue weighted by atomic mass is 32.1. The van der Waals surface area contributed by atoms with E-state index in [9.17, 15) is 0 Å². The molecule has 40 heavy (non-hydrogen) atoms. The minimum absolute atomic E-state index is 1.27. The summed E-state index contributed by atoms with van der Waals surface area (Å²) in [5.74, 6) is 0. The minimum Gasteiger partial charge on any atom is -0.144 e. The average molecular weight is 587 g/mol. The van der Waals surface area contributed by atoms with E-state index >= 15 is 0 Å². The number of hydrogen-bond donors (Lipinski definition) is 0. The first-order valence-electron chi connectivity index (χ1n) is 13.2. The van der Waals surface area contributed by atoms with Crippen molar-refractivity contribution >= 4 is 45.3 Å². The van der Waals surface area contributed by atoms with Crippen LogP contribution in [0.4, 0.5) is 0 Å². The normalized spacial score (nSPS) is 11.2. The van der Waals surface area contributed by atoms with Crippen LogP contribution in [0.2, 0.25) is 0 Å². The van der Waals surface area contributed by atoms with Gasteiger partial charge in [0.2, 0.25) is 0 Å². The van der Waals surface area contributed by atoms with Crippen LogP contribution in [0, 0.1) is 13.8 Å². The maximum absolute atomic E-state index is 2.46. The third-order valence-corrected chi connectivity index (χ3v) is 11.7. The summed E-state index contributed by atoms with van der Waals surface area (Å²) in [6.07, 6.45) is 0. The lowest BCUT2D eigenvalue weighted by atomic mass is 9.93. The number of hydrogen-bond acceptors (Lipinski definition) is 4. The molecule has 0 nitrogen and oxygen atoms in total. The molecule has 7 rings (SSSR count). The largest absolute Gasteiger partial charge is 0.144 e. The Bertz CT molecular complexity index is 1770. The van der Waals surface area contributed by atoms with Crippen LogP contribution in [0.1, 0.15) is 11.1 Å². The minimum atomic E-state index is 1.27. The fourth-order valence-corrected chi connectivity index (χ4v) is 9.16. The molecule has 4 heterocycles. The third kappa shape index (κ3) is 4.71. The molecule has 4 aromatic heterocycles. The van der Waals surface area contributed by atoms with Gasteiger partial charge in [-0.3, -0.25) is 0 Å². The standard InChI is InChI=1S/C36H26S4/c1-23-17-19-37-35(23)29-21-28(34-16-14-32(40-34)26-11-7-4-8-12-26)30(36-24(2)18-20-38-36)22-27(29)33-15-13-31(39-33)25-9-5-3-6-10-25/h3-22H,1-2H3. The van der Waals surface area contributed by atoms with Gasteiger partial charge < -0.3 is 0 Å². The number of benzene rings is 3. The SMILES string of the molecule is Cc1ccsc1-c1cc(-c2ccc(-c3ccccc3)s2)c(-c2sccc2C)cc1-c1ccc(-c2ccccc2)s1. The summed E-state index contributed by atoms with van der Waals surface area (Å²) < 4.78 is 0. The Morgan fingerprint density at radius 2 is 0.800 bits per heavy atom. The first-order chi connectivity index (χ1) is 19.7. The van der Waals surface area contributed by atoms with Gasteiger partial charge in [-0.2, -0.15) is 0 Å². The second-order valence-electron chi connectivity index (χ2n) is 9.87. The smallest absolute Gasteiger partial charge is 0.0378 e. The Labute approximate surface area is 251 Å². The van der Waals surface area contributed by atoms with Crippen molar-refractivity contribution in [2.45, 2.75) is 13.8 Å². The molecule has 0 aliphatic rings. The van der Waals surface area contributed by atoms with Gasteiger partial charge in [-0.05, 0) is 95.4 Å². The zero-order valence-corrected chi connectivity index (χ0v) is 25.4. The summed E-state index contributed by atoms with van der Waals surface area (Å²) in [6.45, 7) is 4.46. The topological polar surface area (TPSA) is 0 Å². The summed E-state index contributed by atoms with van der Waals surface area (Å²) in [5.41, 5.74) is 10.4. The molecule has 0 aliphatic heterocycles. The molecule has 0 aliphatic carbocycles. The molecule has 0 unspecified atom stereocenters. The van der Waals surface area contributed by atoms with Crippen molar-refractivity contribution in [3.05, 3.63) is 131 Å². The van der Waals surface area contributed by atoms with Crippen molar-refractivity contribution in [2.24, 2.45) is 0 Å². The van der Waals surface area contributed by atoms with E-state index in [4.69, 9.17) is 0 Å². The Balaban J connectivity index is 1.46. The maximum Gasteiger partial charge on any atom is 0.0378 e. The van der Waals surface area contributed by atoms with Gasteiger partial charge in [-0.25, -0.2) is 0 Å². The summed E-state index contributed by atoms with van der Waals surface area (Å²) in [5, 5.41) is 4.43. The molecule has 0 fully saturated rings. The summed E-state index contributed by atoms with van der Waals surface area (Å²) in [4.78, 5) is 7.90. The van der Waals surface area contributed by atoms with Crippen molar-refractivity contribution in [2.75, 3.05) is 0 Å². The Morgan fingerprint density at radius 1 is 0.400 bits per heavy atom. The van der Waals surface area contributed by atoms with E-state index in [0.717, 1.165) is 0 Å². The van der Waals surface area contributed by atoms with Crippen LogP contribution in [0.25, 0.3) is 62.6 Å². The third-order valence-electron chi connectivity index (χ3n) is 7.23. The van der Waals surface area contributed by atoms with Gasteiger partial charge >= 0.3 is 0 Å². The molecule has 0 N–H and O–H groups in total. The molecule has 0 amide bonds. The van der Waals surface area contributed by atoms with Crippen LogP contribution in [0.3, 0.4) is 0 Å². The molecule has 0 radical (unpaired) electrons. The summed E-state index contributed by atoms with van der Waals surface area (Å²) >= 11 is 7.44. The first-order valence-corrected chi connectivity index (χ1v) is 16.6. The Morgan fingerprint density at radius 3 is 1.18 bits per heavy atom. The Kier molecular flexibility index (Phi) is 6.86. The highest BCUT2D eigenvalue weighted by Crippen LogP contribution is 2.49. The Hall–Kier alpha value is -3.54. The van der Waals surface area contributed by atoms with Crippen LogP contribution >= 0.6 is 45.3 Å². The lowest BCUT2D eigenvalue weighted by molar-refractivity contribution is 1.52. The second kappa shape index (κ2) is 10.8. The molecule has 194 valence electrons. The van der Waals surface area contributed by atoms with E-state index in [1.807, 2.05) is 45.3 Å². The number of rotatable bonds is 6. The van der Waals surface area contributed by atoms with Crippen molar-refractivity contribution in [1.29, 1.82) is 0 Å². The highest BCUT2D eigenvalue weighted by Gasteiger charge is 2.21. The van der Waals surface area contributed by atoms with Gasteiger partial charge in [0.05, 0.1) is 0 Å². The van der Waals surface area contributed by atoms with Crippen molar-refractivity contribution in [3.63, 3.8) is 0 Å². The van der Waals surface area contributed by atoms with E-state index in [0.29, 0.717) is 0 Å². The van der Waals surface area contributed by atoms with Gasteiger partial charge in [0.15, 0.2) is 0 Å².